The molecule has 0 N–H and O–H groups in total. The number of hydrogen-bond acceptors (Lipinski definition) is 3. The highest BCUT2D eigenvalue weighted by Crippen LogP contribution is 2.61. The van der Waals surface area contributed by atoms with Gasteiger partial charge in [-0.15, -0.1) is 0 Å². The zero-order valence-electron chi connectivity index (χ0n) is 14.8. The third-order valence-corrected chi connectivity index (χ3v) is 6.86. The summed E-state index contributed by atoms with van der Waals surface area (Å²) < 4.78 is 6.42. The maximum atomic E-state index is 13.4. The molecule has 3 saturated heterocycles. The quantitative estimate of drug-likeness (QED) is 0.740. The molecule has 4 nitrogen and oxygen atoms in total. The number of hydrogen-bond donors (Lipinski definition) is 0. The van der Waals surface area contributed by atoms with Gasteiger partial charge >= 0.3 is 0 Å². The van der Waals surface area contributed by atoms with Crippen LogP contribution in [-0.2, 0) is 14.3 Å². The minimum atomic E-state index is -0.631. The number of Topliss-reactive ketones (excluding diaryl/α,β-unsaturated/α-hetero) is 1. The summed E-state index contributed by atoms with van der Waals surface area (Å²) in [7, 11) is 0. The van der Waals surface area contributed by atoms with Gasteiger partial charge in [0.2, 0.25) is 5.91 Å². The molecule has 0 saturated carbocycles. The summed E-state index contributed by atoms with van der Waals surface area (Å²) >= 11 is 0. The van der Waals surface area contributed by atoms with E-state index in [1.54, 1.807) is 0 Å². The molecule has 1 spiro atoms. The molecule has 1 aromatic carbocycles. The molecule has 4 aliphatic rings. The lowest BCUT2D eigenvalue weighted by Crippen LogP contribution is -2.58. The van der Waals surface area contributed by atoms with Gasteiger partial charge in [0, 0.05) is 11.8 Å². The zero-order valence-corrected chi connectivity index (χ0v) is 14.8. The Hall–Kier alpha value is -1.94. The summed E-state index contributed by atoms with van der Waals surface area (Å²) in [6, 6.07) is 9.55. The number of piperidine rings is 1. The molecule has 7 atom stereocenters. The highest BCUT2D eigenvalue weighted by Gasteiger charge is 2.72. The summed E-state index contributed by atoms with van der Waals surface area (Å²) in [5.41, 5.74) is 0.0453. The van der Waals surface area contributed by atoms with Crippen LogP contribution in [0, 0.1) is 17.8 Å². The van der Waals surface area contributed by atoms with Crippen molar-refractivity contribution < 1.29 is 14.3 Å². The first-order valence-electron chi connectivity index (χ1n) is 9.19. The molecule has 1 aromatic rings. The molecule has 0 aromatic heterocycles. The smallest absolute Gasteiger partial charge is 0.230 e. The van der Waals surface area contributed by atoms with Gasteiger partial charge in [-0.3, -0.25) is 9.59 Å². The largest absolute Gasteiger partial charge is 0.358 e. The van der Waals surface area contributed by atoms with Crippen LogP contribution in [0.15, 0.2) is 42.5 Å². The second-order valence-electron chi connectivity index (χ2n) is 8.38. The molecule has 4 heterocycles. The molecule has 25 heavy (non-hydrogen) atoms. The van der Waals surface area contributed by atoms with E-state index in [0.717, 1.165) is 5.56 Å². The van der Waals surface area contributed by atoms with Gasteiger partial charge in [0.05, 0.1) is 23.6 Å². The van der Waals surface area contributed by atoms with Crippen LogP contribution in [0.3, 0.4) is 0 Å². The highest BCUT2D eigenvalue weighted by atomic mass is 16.5. The van der Waals surface area contributed by atoms with E-state index in [9.17, 15) is 9.59 Å². The van der Waals surface area contributed by atoms with Crippen molar-refractivity contribution in [1.82, 2.24) is 4.90 Å². The van der Waals surface area contributed by atoms with Crippen molar-refractivity contribution in [2.75, 3.05) is 0 Å². The molecule has 0 aliphatic carbocycles. The third kappa shape index (κ3) is 1.71. The maximum absolute atomic E-state index is 13.4. The van der Waals surface area contributed by atoms with Crippen molar-refractivity contribution in [3.63, 3.8) is 0 Å². The first-order valence-corrected chi connectivity index (χ1v) is 9.19. The summed E-state index contributed by atoms with van der Waals surface area (Å²) in [6.07, 6.45) is 4.88. The fourth-order valence-corrected chi connectivity index (χ4v) is 5.83. The summed E-state index contributed by atoms with van der Waals surface area (Å²) in [5, 5.41) is 0. The van der Waals surface area contributed by atoms with Gasteiger partial charge in [-0.2, -0.15) is 0 Å². The van der Waals surface area contributed by atoms with E-state index in [1.165, 1.54) is 0 Å². The number of carbonyl (C=O) groups is 2. The van der Waals surface area contributed by atoms with E-state index in [-0.39, 0.29) is 47.1 Å². The van der Waals surface area contributed by atoms with Crippen LogP contribution in [0.5, 0.6) is 0 Å². The Bertz CT molecular complexity index is 803. The van der Waals surface area contributed by atoms with E-state index in [1.807, 2.05) is 56.0 Å². The predicted octanol–water partition coefficient (Wildman–Crippen LogP) is 2.90. The van der Waals surface area contributed by atoms with Gasteiger partial charge in [0.15, 0.2) is 0 Å². The molecule has 0 unspecified atom stereocenters. The third-order valence-electron chi connectivity index (χ3n) is 6.86. The monoisotopic (exact) mass is 337 g/mol. The number of benzene rings is 1. The van der Waals surface area contributed by atoms with Gasteiger partial charge in [0.25, 0.3) is 0 Å². The first-order chi connectivity index (χ1) is 11.9. The van der Waals surface area contributed by atoms with Crippen LogP contribution >= 0.6 is 0 Å². The first kappa shape index (κ1) is 15.3. The standard InChI is InChI=1S/C21H23NO3/c1-12-16(14-7-5-4-6-8-14)22-18(13(2)17(12)23)21-10-9-20(3,25-21)11-15(21)19(22)24/h4-10,12-13,15-16,18H,11H2,1-3H3/t12-,13-,15-,16+,18-,20+,21-/m0/s1. The van der Waals surface area contributed by atoms with Crippen molar-refractivity contribution in [2.45, 2.75) is 50.5 Å². The average molecular weight is 337 g/mol. The molecule has 4 heteroatoms. The van der Waals surface area contributed by atoms with E-state index < -0.39 is 5.60 Å². The van der Waals surface area contributed by atoms with Crippen LogP contribution in [0.2, 0.25) is 0 Å². The van der Waals surface area contributed by atoms with Crippen molar-refractivity contribution in [3.05, 3.63) is 48.0 Å². The van der Waals surface area contributed by atoms with Gasteiger partial charge in [-0.05, 0) is 18.9 Å². The minimum absolute atomic E-state index is 0.151. The maximum Gasteiger partial charge on any atom is 0.230 e. The van der Waals surface area contributed by atoms with Crippen molar-refractivity contribution in [3.8, 4) is 0 Å². The number of fused-ring (bicyclic) bond motifs is 2. The van der Waals surface area contributed by atoms with Gasteiger partial charge < -0.3 is 9.64 Å². The Morgan fingerprint density at radius 2 is 1.80 bits per heavy atom. The molecular formula is C21H23NO3. The molecule has 3 fully saturated rings. The number of amides is 1. The number of ketones is 1. The van der Waals surface area contributed by atoms with Crippen molar-refractivity contribution in [2.24, 2.45) is 17.8 Å². The van der Waals surface area contributed by atoms with Crippen LogP contribution in [-0.4, -0.2) is 33.8 Å². The van der Waals surface area contributed by atoms with Crippen LogP contribution in [0.25, 0.3) is 0 Å². The Labute approximate surface area is 147 Å². The Morgan fingerprint density at radius 1 is 1.08 bits per heavy atom. The fraction of sp³-hybridized carbons (Fsp3) is 0.524. The zero-order chi connectivity index (χ0) is 17.6. The van der Waals surface area contributed by atoms with Crippen LogP contribution in [0.4, 0.5) is 0 Å². The second-order valence-corrected chi connectivity index (χ2v) is 8.38. The second kappa shape index (κ2) is 4.61. The Morgan fingerprint density at radius 3 is 2.48 bits per heavy atom. The molecular weight excluding hydrogens is 314 g/mol. The van der Waals surface area contributed by atoms with E-state index >= 15 is 0 Å². The van der Waals surface area contributed by atoms with Crippen molar-refractivity contribution in [1.29, 1.82) is 0 Å². The number of rotatable bonds is 1. The Balaban J connectivity index is 1.67. The minimum Gasteiger partial charge on any atom is -0.358 e. The molecule has 2 bridgehead atoms. The predicted molar refractivity (Wildman–Crippen MR) is 92.6 cm³/mol. The summed E-state index contributed by atoms with van der Waals surface area (Å²) in [5.74, 6) is -0.202. The van der Waals surface area contributed by atoms with Gasteiger partial charge in [0.1, 0.15) is 11.4 Å². The molecule has 0 radical (unpaired) electrons. The lowest BCUT2D eigenvalue weighted by Gasteiger charge is -2.47. The van der Waals surface area contributed by atoms with E-state index in [2.05, 4.69) is 12.2 Å². The van der Waals surface area contributed by atoms with Crippen molar-refractivity contribution >= 4 is 11.7 Å². The molecule has 130 valence electrons. The van der Waals surface area contributed by atoms with E-state index in [4.69, 9.17) is 4.74 Å². The SMILES string of the molecule is C[C@@H]1C(=O)[C@H](C)[C@@H]2N(C(=O)[C@@H]3C[C@@]4(C)C=C[C@@]23O4)[C@H]1c1ccccc1. The highest BCUT2D eigenvalue weighted by molar-refractivity contribution is 5.93. The molecule has 5 rings (SSSR count). The lowest BCUT2D eigenvalue weighted by molar-refractivity contribution is -0.152. The average Bonchev–Trinajstić information content (AvgIpc) is 3.18. The molecule has 4 aliphatic heterocycles. The summed E-state index contributed by atoms with van der Waals surface area (Å²) in [4.78, 5) is 28.5. The normalized spacial score (nSPS) is 47.3. The number of nitrogens with zero attached hydrogens (tertiary/aromatic N) is 1. The number of carbonyl (C=O) groups excluding carboxylic acids is 2. The van der Waals surface area contributed by atoms with Crippen LogP contribution in [0.1, 0.15) is 38.8 Å². The topological polar surface area (TPSA) is 46.6 Å². The molecule has 1 amide bonds. The summed E-state index contributed by atoms with van der Waals surface area (Å²) in [6.45, 7) is 5.97. The van der Waals surface area contributed by atoms with Crippen LogP contribution < -0.4 is 0 Å². The van der Waals surface area contributed by atoms with Gasteiger partial charge in [-0.1, -0.05) is 56.3 Å². The van der Waals surface area contributed by atoms with Gasteiger partial charge in [-0.25, -0.2) is 0 Å². The number of ether oxygens (including phenoxy) is 1. The van der Waals surface area contributed by atoms with E-state index in [0.29, 0.717) is 6.42 Å². The lowest BCUT2D eigenvalue weighted by atomic mass is 9.70. The Kier molecular flexibility index (Phi) is 2.83. The fourth-order valence-electron chi connectivity index (χ4n) is 5.83.